The first-order chi connectivity index (χ1) is 12.8. The fourth-order valence-electron chi connectivity index (χ4n) is 2.89. The Morgan fingerprint density at radius 1 is 1.00 bits per heavy atom. The molecule has 3 amide bonds. The van der Waals surface area contributed by atoms with E-state index in [-0.39, 0.29) is 29.7 Å². The lowest BCUT2D eigenvalue weighted by atomic mass is 10.1. The van der Waals surface area contributed by atoms with Gasteiger partial charge in [0.25, 0.3) is 5.91 Å². The summed E-state index contributed by atoms with van der Waals surface area (Å²) in [7, 11) is 0. The molecule has 0 aliphatic carbocycles. The molecule has 0 saturated carbocycles. The van der Waals surface area contributed by atoms with Crippen LogP contribution >= 0.6 is 11.6 Å². The van der Waals surface area contributed by atoms with Gasteiger partial charge in [-0.05, 0) is 36.8 Å². The zero-order valence-corrected chi connectivity index (χ0v) is 15.4. The third-order valence-electron chi connectivity index (χ3n) is 4.36. The highest BCUT2D eigenvalue weighted by molar-refractivity contribution is 6.33. The van der Waals surface area contributed by atoms with Gasteiger partial charge in [0.15, 0.2) is 11.6 Å². The van der Waals surface area contributed by atoms with Gasteiger partial charge >= 0.3 is 6.03 Å². The first-order valence-electron chi connectivity index (χ1n) is 8.41. The normalized spacial score (nSPS) is 14.2. The topological polar surface area (TPSA) is 52.7 Å². The van der Waals surface area contributed by atoms with Crippen molar-refractivity contribution in [3.05, 3.63) is 64.2 Å². The van der Waals surface area contributed by atoms with Gasteiger partial charge < -0.3 is 15.1 Å². The van der Waals surface area contributed by atoms with Gasteiger partial charge in [0.2, 0.25) is 0 Å². The number of aryl methyl sites for hydroxylation is 1. The van der Waals surface area contributed by atoms with Gasteiger partial charge in [-0.25, -0.2) is 13.6 Å². The predicted octanol–water partition coefficient (Wildman–Crippen LogP) is 3.92. The van der Waals surface area contributed by atoms with Gasteiger partial charge in [-0.2, -0.15) is 0 Å². The summed E-state index contributed by atoms with van der Waals surface area (Å²) < 4.78 is 26.6. The third-order valence-corrected chi connectivity index (χ3v) is 4.68. The van der Waals surface area contributed by atoms with Crippen LogP contribution in [0, 0.1) is 18.6 Å². The van der Waals surface area contributed by atoms with E-state index in [9.17, 15) is 18.4 Å². The average molecular weight is 394 g/mol. The highest BCUT2D eigenvalue weighted by Crippen LogP contribution is 2.22. The Labute approximate surface area is 160 Å². The first kappa shape index (κ1) is 19.1. The smallest absolute Gasteiger partial charge is 0.321 e. The average Bonchev–Trinajstić information content (AvgIpc) is 2.64. The van der Waals surface area contributed by atoms with E-state index in [1.54, 1.807) is 11.0 Å². The number of benzene rings is 2. The zero-order valence-electron chi connectivity index (χ0n) is 14.6. The number of urea groups is 1. The molecule has 1 fully saturated rings. The van der Waals surface area contributed by atoms with Gasteiger partial charge in [0.05, 0.1) is 10.6 Å². The molecule has 0 aromatic heterocycles. The fraction of sp³-hybridized carbons (Fsp3) is 0.263. The Bertz CT molecular complexity index is 883. The number of hydrogen-bond acceptors (Lipinski definition) is 2. The lowest BCUT2D eigenvalue weighted by molar-refractivity contribution is 0.0671. The monoisotopic (exact) mass is 393 g/mol. The molecule has 0 unspecified atom stereocenters. The molecular weight excluding hydrogens is 376 g/mol. The summed E-state index contributed by atoms with van der Waals surface area (Å²) in [6.45, 7) is 3.13. The molecule has 1 saturated heterocycles. The van der Waals surface area contributed by atoms with Crippen molar-refractivity contribution >= 4 is 29.2 Å². The van der Waals surface area contributed by atoms with Crippen molar-refractivity contribution in [1.82, 2.24) is 9.80 Å². The second kappa shape index (κ2) is 7.92. The molecule has 1 aliphatic heterocycles. The number of carbonyl (C=O) groups is 2. The quantitative estimate of drug-likeness (QED) is 0.786. The van der Waals surface area contributed by atoms with Crippen molar-refractivity contribution in [1.29, 1.82) is 0 Å². The third kappa shape index (κ3) is 4.36. The van der Waals surface area contributed by atoms with Gasteiger partial charge in [-0.3, -0.25) is 4.79 Å². The minimum absolute atomic E-state index is 0.0896. The molecule has 8 heteroatoms. The zero-order chi connectivity index (χ0) is 19.6. The summed E-state index contributed by atoms with van der Waals surface area (Å²) in [4.78, 5) is 27.9. The Kier molecular flexibility index (Phi) is 5.60. The molecule has 0 bridgehead atoms. The van der Waals surface area contributed by atoms with Crippen LogP contribution in [0.3, 0.4) is 0 Å². The molecule has 3 rings (SSSR count). The van der Waals surface area contributed by atoms with Crippen LogP contribution in [0.4, 0.5) is 19.3 Å². The van der Waals surface area contributed by atoms with Crippen LogP contribution < -0.4 is 5.32 Å². The second-order valence-corrected chi connectivity index (χ2v) is 6.73. The number of carbonyl (C=O) groups excluding carboxylic acids is 2. The molecule has 5 nitrogen and oxygen atoms in total. The maximum atomic E-state index is 13.4. The SMILES string of the molecule is Cc1cccc(NC(=O)N2CCN(C(=O)c3cc(F)c(F)cc3Cl)CC2)c1. The molecule has 0 radical (unpaired) electrons. The molecule has 2 aromatic rings. The molecule has 1 heterocycles. The van der Waals surface area contributed by atoms with E-state index in [0.29, 0.717) is 18.8 Å². The van der Waals surface area contributed by atoms with E-state index >= 15 is 0 Å². The van der Waals surface area contributed by atoms with E-state index in [1.807, 2.05) is 25.1 Å². The summed E-state index contributed by atoms with van der Waals surface area (Å²) in [5.41, 5.74) is 1.65. The van der Waals surface area contributed by atoms with Crippen molar-refractivity contribution in [2.45, 2.75) is 6.92 Å². The van der Waals surface area contributed by atoms with Gasteiger partial charge in [-0.1, -0.05) is 23.7 Å². The number of hydrogen-bond donors (Lipinski definition) is 1. The number of halogens is 3. The summed E-state index contributed by atoms with van der Waals surface area (Å²) in [5.74, 6) is -2.72. The molecule has 142 valence electrons. The number of piperazine rings is 1. The molecule has 1 aliphatic rings. The van der Waals surface area contributed by atoms with Crippen LogP contribution in [0.2, 0.25) is 5.02 Å². The van der Waals surface area contributed by atoms with Crippen LogP contribution in [0.15, 0.2) is 36.4 Å². The second-order valence-electron chi connectivity index (χ2n) is 6.33. The van der Waals surface area contributed by atoms with E-state index in [4.69, 9.17) is 11.6 Å². The van der Waals surface area contributed by atoms with Crippen molar-refractivity contribution in [3.8, 4) is 0 Å². The summed E-state index contributed by atoms with van der Waals surface area (Å²) in [5, 5.41) is 2.68. The number of nitrogens with zero attached hydrogens (tertiary/aromatic N) is 2. The molecular formula is C19H18ClF2N3O2. The number of amides is 3. The Hall–Kier alpha value is -2.67. The first-order valence-corrected chi connectivity index (χ1v) is 8.79. The molecule has 1 N–H and O–H groups in total. The molecule has 2 aromatic carbocycles. The van der Waals surface area contributed by atoms with Crippen molar-refractivity contribution in [2.75, 3.05) is 31.5 Å². The summed E-state index contributed by atoms with van der Waals surface area (Å²) in [6, 6.07) is 8.79. The largest absolute Gasteiger partial charge is 0.335 e. The maximum Gasteiger partial charge on any atom is 0.321 e. The van der Waals surface area contributed by atoms with Crippen LogP contribution in [-0.4, -0.2) is 47.9 Å². The van der Waals surface area contributed by atoms with Crippen molar-refractivity contribution in [2.24, 2.45) is 0 Å². The van der Waals surface area contributed by atoms with Crippen LogP contribution in [0.25, 0.3) is 0 Å². The highest BCUT2D eigenvalue weighted by atomic mass is 35.5. The molecule has 0 atom stereocenters. The number of nitrogens with one attached hydrogen (secondary N) is 1. The van der Waals surface area contributed by atoms with E-state index in [2.05, 4.69) is 5.32 Å². The Morgan fingerprint density at radius 3 is 2.30 bits per heavy atom. The minimum Gasteiger partial charge on any atom is -0.335 e. The van der Waals surface area contributed by atoms with Gasteiger partial charge in [0, 0.05) is 31.9 Å². The standard InChI is InChI=1S/C19H18ClF2N3O2/c1-12-3-2-4-13(9-12)23-19(27)25-7-5-24(6-8-25)18(26)14-10-16(21)17(22)11-15(14)20/h2-4,9-11H,5-8H2,1H3,(H,23,27). The summed E-state index contributed by atoms with van der Waals surface area (Å²) in [6.07, 6.45) is 0. The Morgan fingerprint density at radius 2 is 1.63 bits per heavy atom. The van der Waals surface area contributed by atoms with Crippen LogP contribution in [-0.2, 0) is 0 Å². The predicted molar refractivity (Wildman–Crippen MR) is 99.0 cm³/mol. The van der Waals surface area contributed by atoms with Gasteiger partial charge in [-0.15, -0.1) is 0 Å². The molecule has 0 spiro atoms. The van der Waals surface area contributed by atoms with Gasteiger partial charge in [0.1, 0.15) is 0 Å². The maximum absolute atomic E-state index is 13.4. The minimum atomic E-state index is -1.13. The lowest BCUT2D eigenvalue weighted by Gasteiger charge is -2.34. The van der Waals surface area contributed by atoms with Crippen LogP contribution in [0.1, 0.15) is 15.9 Å². The van der Waals surface area contributed by atoms with E-state index in [1.165, 1.54) is 4.90 Å². The van der Waals surface area contributed by atoms with Crippen molar-refractivity contribution < 1.29 is 18.4 Å². The molecule has 27 heavy (non-hydrogen) atoms. The summed E-state index contributed by atoms with van der Waals surface area (Å²) >= 11 is 5.87. The fourth-order valence-corrected chi connectivity index (χ4v) is 3.13. The lowest BCUT2D eigenvalue weighted by Crippen LogP contribution is -2.51. The Balaban J connectivity index is 1.61. The van der Waals surface area contributed by atoms with Crippen molar-refractivity contribution in [3.63, 3.8) is 0 Å². The van der Waals surface area contributed by atoms with E-state index in [0.717, 1.165) is 17.7 Å². The van der Waals surface area contributed by atoms with E-state index < -0.39 is 17.5 Å². The number of rotatable bonds is 2. The highest BCUT2D eigenvalue weighted by Gasteiger charge is 2.26. The van der Waals surface area contributed by atoms with Crippen LogP contribution in [0.5, 0.6) is 0 Å². The number of anilines is 1.